The minimum absolute atomic E-state index is 0.274. The van der Waals surface area contributed by atoms with Gasteiger partial charge in [0.15, 0.2) is 0 Å². The normalized spacial score (nSPS) is 12.8. The van der Waals surface area contributed by atoms with Crippen LogP contribution in [-0.4, -0.2) is 24.8 Å². The molecule has 4 heteroatoms. The third-order valence-electron chi connectivity index (χ3n) is 2.12. The topological polar surface area (TPSA) is 32.3 Å². The second-order valence-corrected chi connectivity index (χ2v) is 3.53. The van der Waals surface area contributed by atoms with Crippen LogP contribution in [0.25, 0.3) is 0 Å². The van der Waals surface area contributed by atoms with Gasteiger partial charge in [-0.05, 0) is 44.1 Å². The Hall–Kier alpha value is -1.00. The third-order valence-corrected chi connectivity index (χ3v) is 2.12. The van der Waals surface area contributed by atoms with Crippen molar-refractivity contribution in [2.75, 3.05) is 13.6 Å². The fourth-order valence-corrected chi connectivity index (χ4v) is 1.41. The quantitative estimate of drug-likeness (QED) is 0.779. The predicted octanol–water partition coefficient (Wildman–Crippen LogP) is 1.48. The van der Waals surface area contributed by atoms with Gasteiger partial charge < -0.3 is 10.4 Å². The van der Waals surface area contributed by atoms with Crippen molar-refractivity contribution in [3.05, 3.63) is 35.4 Å². The fraction of sp³-hybridized carbons (Fsp3) is 0.455. The molecule has 0 amide bonds. The third kappa shape index (κ3) is 4.36. The first-order chi connectivity index (χ1) is 7.11. The van der Waals surface area contributed by atoms with E-state index in [9.17, 15) is 13.9 Å². The van der Waals surface area contributed by atoms with Crippen molar-refractivity contribution >= 4 is 0 Å². The zero-order valence-electron chi connectivity index (χ0n) is 8.63. The Kier molecular flexibility index (Phi) is 4.65. The SMILES string of the molecule is CNCCC(O)Cc1cc(F)cc(F)c1. The van der Waals surface area contributed by atoms with Gasteiger partial charge in [0.25, 0.3) is 0 Å². The van der Waals surface area contributed by atoms with Crippen LogP contribution in [-0.2, 0) is 6.42 Å². The molecule has 0 saturated carbocycles. The van der Waals surface area contributed by atoms with E-state index < -0.39 is 17.7 Å². The minimum Gasteiger partial charge on any atom is -0.393 e. The Balaban J connectivity index is 2.56. The first-order valence-corrected chi connectivity index (χ1v) is 4.89. The summed E-state index contributed by atoms with van der Waals surface area (Å²) in [6, 6.07) is 3.31. The molecule has 0 spiro atoms. The fourth-order valence-electron chi connectivity index (χ4n) is 1.41. The summed E-state index contributed by atoms with van der Waals surface area (Å²) in [6.45, 7) is 0.680. The van der Waals surface area contributed by atoms with Crippen LogP contribution >= 0.6 is 0 Å². The van der Waals surface area contributed by atoms with Crippen LogP contribution in [0.2, 0.25) is 0 Å². The number of benzene rings is 1. The van der Waals surface area contributed by atoms with Gasteiger partial charge in [0.1, 0.15) is 11.6 Å². The van der Waals surface area contributed by atoms with E-state index in [4.69, 9.17) is 0 Å². The molecule has 15 heavy (non-hydrogen) atoms. The molecule has 0 aliphatic heterocycles. The lowest BCUT2D eigenvalue weighted by Crippen LogP contribution is -2.18. The maximum absolute atomic E-state index is 12.8. The smallest absolute Gasteiger partial charge is 0.126 e. The summed E-state index contributed by atoms with van der Waals surface area (Å²) in [4.78, 5) is 0. The Morgan fingerprint density at radius 3 is 2.40 bits per heavy atom. The van der Waals surface area contributed by atoms with Crippen molar-refractivity contribution < 1.29 is 13.9 Å². The standard InChI is InChI=1S/C11H15F2NO/c1-14-3-2-11(15)6-8-4-9(12)7-10(13)5-8/h4-5,7,11,14-15H,2-3,6H2,1H3. The number of aliphatic hydroxyl groups excluding tert-OH is 1. The van der Waals surface area contributed by atoms with Crippen LogP contribution in [0.3, 0.4) is 0 Å². The molecule has 0 heterocycles. The number of halogens is 2. The predicted molar refractivity (Wildman–Crippen MR) is 54.6 cm³/mol. The molecular weight excluding hydrogens is 200 g/mol. The van der Waals surface area contributed by atoms with Crippen molar-refractivity contribution in [2.45, 2.75) is 18.9 Å². The van der Waals surface area contributed by atoms with Gasteiger partial charge in [-0.3, -0.25) is 0 Å². The molecule has 2 nitrogen and oxygen atoms in total. The van der Waals surface area contributed by atoms with Crippen LogP contribution < -0.4 is 5.32 Å². The first kappa shape index (κ1) is 12.1. The van der Waals surface area contributed by atoms with Crippen molar-refractivity contribution in [1.29, 1.82) is 0 Å². The number of aliphatic hydroxyl groups is 1. The zero-order chi connectivity index (χ0) is 11.3. The first-order valence-electron chi connectivity index (χ1n) is 4.89. The van der Waals surface area contributed by atoms with Gasteiger partial charge in [0.2, 0.25) is 0 Å². The van der Waals surface area contributed by atoms with E-state index in [2.05, 4.69) is 5.32 Å². The molecule has 0 fully saturated rings. The van der Waals surface area contributed by atoms with Crippen molar-refractivity contribution in [2.24, 2.45) is 0 Å². The zero-order valence-corrected chi connectivity index (χ0v) is 8.63. The molecule has 84 valence electrons. The van der Waals surface area contributed by atoms with Gasteiger partial charge in [-0.25, -0.2) is 8.78 Å². The van der Waals surface area contributed by atoms with Crippen LogP contribution in [0.1, 0.15) is 12.0 Å². The van der Waals surface area contributed by atoms with E-state index in [1.165, 1.54) is 12.1 Å². The van der Waals surface area contributed by atoms with E-state index in [1.807, 2.05) is 0 Å². The molecule has 2 N–H and O–H groups in total. The monoisotopic (exact) mass is 215 g/mol. The molecular formula is C11H15F2NO. The van der Waals surface area contributed by atoms with Crippen LogP contribution in [0.5, 0.6) is 0 Å². The number of hydrogen-bond acceptors (Lipinski definition) is 2. The Morgan fingerprint density at radius 1 is 1.27 bits per heavy atom. The van der Waals surface area contributed by atoms with Crippen molar-refractivity contribution in [1.82, 2.24) is 5.32 Å². The molecule has 1 aromatic carbocycles. The molecule has 0 aliphatic carbocycles. The summed E-state index contributed by atoms with van der Waals surface area (Å²) < 4.78 is 25.6. The maximum Gasteiger partial charge on any atom is 0.126 e. The number of rotatable bonds is 5. The largest absolute Gasteiger partial charge is 0.393 e. The Morgan fingerprint density at radius 2 is 1.87 bits per heavy atom. The molecule has 0 aromatic heterocycles. The van der Waals surface area contributed by atoms with Crippen molar-refractivity contribution in [3.63, 3.8) is 0 Å². The molecule has 1 aromatic rings. The summed E-state index contributed by atoms with van der Waals surface area (Å²) in [6.07, 6.45) is 0.268. The van der Waals surface area contributed by atoms with E-state index in [0.717, 1.165) is 6.07 Å². The van der Waals surface area contributed by atoms with Crippen LogP contribution in [0.4, 0.5) is 8.78 Å². The summed E-state index contributed by atoms with van der Waals surface area (Å²) >= 11 is 0. The maximum atomic E-state index is 12.8. The molecule has 1 rings (SSSR count). The molecule has 1 unspecified atom stereocenters. The highest BCUT2D eigenvalue weighted by atomic mass is 19.1. The number of nitrogens with one attached hydrogen (secondary N) is 1. The minimum atomic E-state index is -0.606. The summed E-state index contributed by atoms with van der Waals surface area (Å²) in [5.41, 5.74) is 0.483. The van der Waals surface area contributed by atoms with Gasteiger partial charge in [-0.15, -0.1) is 0 Å². The highest BCUT2D eigenvalue weighted by Gasteiger charge is 2.07. The second-order valence-electron chi connectivity index (χ2n) is 3.53. The van der Waals surface area contributed by atoms with Gasteiger partial charge in [-0.1, -0.05) is 0 Å². The van der Waals surface area contributed by atoms with Gasteiger partial charge >= 0.3 is 0 Å². The van der Waals surface area contributed by atoms with E-state index in [0.29, 0.717) is 18.5 Å². The van der Waals surface area contributed by atoms with Crippen LogP contribution in [0, 0.1) is 11.6 Å². The average Bonchev–Trinajstić information content (AvgIpc) is 2.13. The Labute approximate surface area is 87.9 Å². The number of hydrogen-bond donors (Lipinski definition) is 2. The molecule has 0 aliphatic rings. The highest BCUT2D eigenvalue weighted by Crippen LogP contribution is 2.11. The average molecular weight is 215 g/mol. The summed E-state index contributed by atoms with van der Waals surface area (Å²) in [5, 5.41) is 12.4. The van der Waals surface area contributed by atoms with Gasteiger partial charge in [0, 0.05) is 6.07 Å². The molecule has 0 saturated heterocycles. The van der Waals surface area contributed by atoms with Gasteiger partial charge in [-0.2, -0.15) is 0 Å². The van der Waals surface area contributed by atoms with Crippen LogP contribution in [0.15, 0.2) is 18.2 Å². The van der Waals surface area contributed by atoms with E-state index in [-0.39, 0.29) is 6.42 Å². The van der Waals surface area contributed by atoms with E-state index in [1.54, 1.807) is 7.05 Å². The molecule has 0 radical (unpaired) electrons. The molecule has 0 bridgehead atoms. The summed E-state index contributed by atoms with van der Waals surface area (Å²) in [7, 11) is 1.79. The van der Waals surface area contributed by atoms with Crippen molar-refractivity contribution in [3.8, 4) is 0 Å². The lowest BCUT2D eigenvalue weighted by atomic mass is 10.1. The lowest BCUT2D eigenvalue weighted by Gasteiger charge is -2.10. The van der Waals surface area contributed by atoms with Gasteiger partial charge in [0.05, 0.1) is 6.10 Å². The second kappa shape index (κ2) is 5.78. The summed E-state index contributed by atoms with van der Waals surface area (Å²) in [5.74, 6) is -1.21. The highest BCUT2D eigenvalue weighted by molar-refractivity contribution is 5.18. The lowest BCUT2D eigenvalue weighted by molar-refractivity contribution is 0.165. The Bertz CT molecular complexity index is 297. The molecule has 1 atom stereocenters. The van der Waals surface area contributed by atoms with E-state index >= 15 is 0 Å².